The third-order valence-electron chi connectivity index (χ3n) is 6.67. The SMILES string of the molecule is O=C1NC(=S)CN1CCCCCS(=O)(=O)NC1(c2ccc(F)c(OCC3CC3)c2)CCCC1. The molecule has 33 heavy (non-hydrogen) atoms. The zero-order chi connectivity index (χ0) is 23.5. The Morgan fingerprint density at radius 1 is 1.21 bits per heavy atom. The smallest absolute Gasteiger partial charge is 0.322 e. The lowest BCUT2D eigenvalue weighted by molar-refractivity contribution is 0.216. The Balaban J connectivity index is 1.33. The molecule has 2 N–H and O–H groups in total. The topological polar surface area (TPSA) is 87.7 Å². The van der Waals surface area contributed by atoms with Crippen molar-refractivity contribution < 1.29 is 22.3 Å². The molecule has 2 aliphatic carbocycles. The minimum atomic E-state index is -3.53. The second kappa shape index (κ2) is 10.2. The number of carbonyl (C=O) groups excluding carboxylic acids is 1. The van der Waals surface area contributed by atoms with Crippen molar-refractivity contribution in [2.45, 2.75) is 63.3 Å². The van der Waals surface area contributed by atoms with Crippen molar-refractivity contribution in [3.05, 3.63) is 29.6 Å². The number of thiocarbonyl (C=S) groups is 1. The molecule has 2 amide bonds. The lowest BCUT2D eigenvalue weighted by Gasteiger charge is -2.31. The summed E-state index contributed by atoms with van der Waals surface area (Å²) in [4.78, 5) is 13.8. The summed E-state index contributed by atoms with van der Waals surface area (Å²) in [5, 5.41) is 2.60. The van der Waals surface area contributed by atoms with E-state index in [9.17, 15) is 17.6 Å². The van der Waals surface area contributed by atoms with Gasteiger partial charge in [0.1, 0.15) is 4.99 Å². The first-order valence-corrected chi connectivity index (χ1v) is 13.9. The number of nitrogens with zero attached hydrogens (tertiary/aromatic N) is 1. The molecule has 0 spiro atoms. The number of halogens is 1. The maximum absolute atomic E-state index is 14.3. The van der Waals surface area contributed by atoms with Crippen LogP contribution in [0, 0.1) is 11.7 Å². The van der Waals surface area contributed by atoms with Crippen molar-refractivity contribution in [3.63, 3.8) is 0 Å². The number of nitrogens with one attached hydrogen (secondary N) is 2. The molecule has 0 atom stereocenters. The van der Waals surface area contributed by atoms with Crippen molar-refractivity contribution in [2.24, 2.45) is 5.92 Å². The van der Waals surface area contributed by atoms with E-state index >= 15 is 0 Å². The van der Waals surface area contributed by atoms with Crippen LogP contribution in [0.3, 0.4) is 0 Å². The summed E-state index contributed by atoms with van der Waals surface area (Å²) >= 11 is 5.00. The highest BCUT2D eigenvalue weighted by Crippen LogP contribution is 2.41. The molecule has 0 radical (unpaired) electrons. The predicted molar refractivity (Wildman–Crippen MR) is 128 cm³/mol. The molecular weight excluding hydrogens is 465 g/mol. The summed E-state index contributed by atoms with van der Waals surface area (Å²) in [5.41, 5.74) is 0.0554. The lowest BCUT2D eigenvalue weighted by Crippen LogP contribution is -2.44. The van der Waals surface area contributed by atoms with E-state index in [2.05, 4.69) is 10.0 Å². The Labute approximate surface area is 200 Å². The minimum Gasteiger partial charge on any atom is -0.490 e. The van der Waals surface area contributed by atoms with Crippen molar-refractivity contribution in [1.29, 1.82) is 0 Å². The van der Waals surface area contributed by atoms with Gasteiger partial charge in [-0.15, -0.1) is 0 Å². The molecule has 3 fully saturated rings. The Kier molecular flexibility index (Phi) is 7.55. The van der Waals surface area contributed by atoms with Gasteiger partial charge in [-0.2, -0.15) is 0 Å². The van der Waals surface area contributed by atoms with E-state index in [0.29, 0.717) is 56.3 Å². The highest BCUT2D eigenvalue weighted by atomic mass is 32.2. The number of carbonyl (C=O) groups is 1. The molecule has 1 aliphatic heterocycles. The van der Waals surface area contributed by atoms with Gasteiger partial charge in [0, 0.05) is 6.54 Å². The van der Waals surface area contributed by atoms with E-state index in [1.54, 1.807) is 17.0 Å². The van der Waals surface area contributed by atoms with E-state index < -0.39 is 21.4 Å². The summed E-state index contributed by atoms with van der Waals surface area (Å²) in [6.45, 7) is 1.49. The fraction of sp³-hybridized carbons (Fsp3) is 0.652. The molecule has 1 aromatic carbocycles. The van der Waals surface area contributed by atoms with Crippen LogP contribution in [0.2, 0.25) is 0 Å². The largest absolute Gasteiger partial charge is 0.490 e. The molecule has 7 nitrogen and oxygen atoms in total. The molecule has 3 aliphatic rings. The standard InChI is InChI=1S/C23H32FN3O4S2/c24-19-9-8-18(14-20(19)31-16-17-6-7-17)23(10-2-3-11-23)26-33(29,30)13-5-1-4-12-27-15-21(32)25-22(27)28/h8-9,14,17,26H,1-7,10-13,15-16H2,(H,25,28,32). The first-order chi connectivity index (χ1) is 15.8. The van der Waals surface area contributed by atoms with Crippen LogP contribution in [0.5, 0.6) is 5.75 Å². The van der Waals surface area contributed by atoms with Crippen LogP contribution in [0.25, 0.3) is 0 Å². The number of amides is 2. The van der Waals surface area contributed by atoms with Crippen molar-refractivity contribution >= 4 is 33.3 Å². The van der Waals surface area contributed by atoms with Gasteiger partial charge in [0.25, 0.3) is 0 Å². The minimum absolute atomic E-state index is 0.0194. The molecule has 4 rings (SSSR count). The van der Waals surface area contributed by atoms with Gasteiger partial charge in [-0.25, -0.2) is 22.3 Å². The normalized spacial score (nSPS) is 20.3. The van der Waals surface area contributed by atoms with Gasteiger partial charge in [0.05, 0.1) is 24.4 Å². The van der Waals surface area contributed by atoms with Crippen molar-refractivity contribution in [3.8, 4) is 5.75 Å². The van der Waals surface area contributed by atoms with Crippen LogP contribution >= 0.6 is 12.2 Å². The first kappa shape index (κ1) is 24.3. The highest BCUT2D eigenvalue weighted by molar-refractivity contribution is 7.89. The summed E-state index contributed by atoms with van der Waals surface area (Å²) in [6, 6.07) is 4.55. The molecule has 1 saturated heterocycles. The average molecular weight is 498 g/mol. The summed E-state index contributed by atoms with van der Waals surface area (Å²) < 4.78 is 48.8. The number of unbranched alkanes of at least 4 members (excludes halogenated alkanes) is 2. The summed E-state index contributed by atoms with van der Waals surface area (Å²) in [6.07, 6.45) is 7.35. The Morgan fingerprint density at radius 2 is 1.97 bits per heavy atom. The average Bonchev–Trinajstić information content (AvgIpc) is 3.38. The fourth-order valence-corrected chi connectivity index (χ4v) is 6.46. The summed E-state index contributed by atoms with van der Waals surface area (Å²) in [5.74, 6) is 0.313. The quantitative estimate of drug-likeness (QED) is 0.339. The van der Waals surface area contributed by atoms with E-state index in [0.717, 1.165) is 37.7 Å². The third-order valence-corrected chi connectivity index (χ3v) is 8.43. The Hall–Kier alpha value is -1.78. The van der Waals surface area contributed by atoms with Gasteiger partial charge in [-0.3, -0.25) is 0 Å². The Bertz CT molecular complexity index is 991. The van der Waals surface area contributed by atoms with Crippen LogP contribution in [-0.2, 0) is 15.6 Å². The zero-order valence-electron chi connectivity index (χ0n) is 18.8. The second-order valence-electron chi connectivity index (χ2n) is 9.45. The van der Waals surface area contributed by atoms with Crippen LogP contribution in [-0.4, -0.2) is 49.8 Å². The predicted octanol–water partition coefficient (Wildman–Crippen LogP) is 3.83. The monoisotopic (exact) mass is 497 g/mol. The van der Waals surface area contributed by atoms with Crippen molar-refractivity contribution in [1.82, 2.24) is 14.9 Å². The van der Waals surface area contributed by atoms with Crippen molar-refractivity contribution in [2.75, 3.05) is 25.4 Å². The second-order valence-corrected chi connectivity index (χ2v) is 11.8. The van der Waals surface area contributed by atoms with Gasteiger partial charge in [0.15, 0.2) is 11.6 Å². The number of sulfonamides is 1. The Morgan fingerprint density at radius 3 is 2.64 bits per heavy atom. The zero-order valence-corrected chi connectivity index (χ0v) is 20.4. The molecule has 2 saturated carbocycles. The van der Waals surface area contributed by atoms with Crippen LogP contribution in [0.1, 0.15) is 63.4 Å². The van der Waals surface area contributed by atoms with Gasteiger partial charge in [0.2, 0.25) is 10.0 Å². The van der Waals surface area contributed by atoms with Gasteiger partial charge >= 0.3 is 6.03 Å². The van der Waals surface area contributed by atoms with E-state index in [-0.39, 0.29) is 17.5 Å². The number of urea groups is 1. The molecule has 0 bridgehead atoms. The van der Waals surface area contributed by atoms with E-state index in [4.69, 9.17) is 17.0 Å². The molecule has 0 unspecified atom stereocenters. The molecule has 1 aromatic rings. The van der Waals surface area contributed by atoms with Crippen LogP contribution in [0.4, 0.5) is 9.18 Å². The van der Waals surface area contributed by atoms with Gasteiger partial charge in [-0.05, 0) is 62.1 Å². The third kappa shape index (κ3) is 6.42. The molecule has 1 heterocycles. The molecule has 10 heteroatoms. The lowest BCUT2D eigenvalue weighted by atomic mass is 9.89. The number of hydrogen-bond acceptors (Lipinski definition) is 5. The maximum atomic E-state index is 14.3. The first-order valence-electron chi connectivity index (χ1n) is 11.8. The molecule has 0 aromatic heterocycles. The maximum Gasteiger partial charge on any atom is 0.322 e. The van der Waals surface area contributed by atoms with E-state index in [1.165, 1.54) is 6.07 Å². The summed E-state index contributed by atoms with van der Waals surface area (Å²) in [7, 11) is -3.53. The highest BCUT2D eigenvalue weighted by Gasteiger charge is 2.39. The number of rotatable bonds is 12. The number of hydrogen-bond donors (Lipinski definition) is 2. The molecular formula is C23H32FN3O4S2. The van der Waals surface area contributed by atoms with Crippen LogP contribution < -0.4 is 14.8 Å². The number of ether oxygens (including phenoxy) is 1. The van der Waals surface area contributed by atoms with Gasteiger partial charge < -0.3 is 15.0 Å². The van der Waals surface area contributed by atoms with Crippen LogP contribution in [0.15, 0.2) is 18.2 Å². The fourth-order valence-electron chi connectivity index (χ4n) is 4.62. The van der Waals surface area contributed by atoms with Gasteiger partial charge in [-0.1, -0.05) is 37.5 Å². The molecule has 182 valence electrons. The number of benzene rings is 1. The van der Waals surface area contributed by atoms with E-state index in [1.807, 2.05) is 0 Å².